The number of rotatable bonds is 6. The van der Waals surface area contributed by atoms with Gasteiger partial charge in [0.05, 0.1) is 0 Å². The molecule has 3 heteroatoms. The second kappa shape index (κ2) is 13.1. The van der Waals surface area contributed by atoms with Gasteiger partial charge in [-0.1, -0.05) is 159 Å². The largest absolute Gasteiger partial charge is 0.459 e. The van der Waals surface area contributed by atoms with E-state index in [1.807, 2.05) is 12.1 Å². The zero-order chi connectivity index (χ0) is 41.0. The lowest BCUT2D eigenvalue weighted by Gasteiger charge is -2.28. The molecule has 2 heterocycles. The smallest absolute Gasteiger partial charge is 0.143 e. The van der Waals surface area contributed by atoms with Crippen LogP contribution in [0.1, 0.15) is 50.1 Å². The highest BCUT2D eigenvalue weighted by Gasteiger charge is 2.42. The van der Waals surface area contributed by atoms with Crippen molar-refractivity contribution in [1.82, 2.24) is 0 Å². The summed E-state index contributed by atoms with van der Waals surface area (Å²) in [6.07, 6.45) is 0. The van der Waals surface area contributed by atoms with Crippen molar-refractivity contribution in [2.75, 3.05) is 4.90 Å². The van der Waals surface area contributed by atoms with Crippen molar-refractivity contribution >= 4 is 39.0 Å². The van der Waals surface area contributed by atoms with E-state index in [0.29, 0.717) is 0 Å². The van der Waals surface area contributed by atoms with Crippen LogP contribution in [0.5, 0.6) is 0 Å². The third kappa shape index (κ3) is 5.23. The Bertz CT molecular complexity index is 3360. The van der Waals surface area contributed by atoms with Crippen molar-refractivity contribution in [3.63, 3.8) is 0 Å². The van der Waals surface area contributed by atoms with Gasteiger partial charge in [0.1, 0.15) is 22.7 Å². The van der Waals surface area contributed by atoms with Crippen LogP contribution in [0.25, 0.3) is 77.8 Å². The molecule has 292 valence electrons. The quantitative estimate of drug-likeness (QED) is 0.168. The van der Waals surface area contributed by atoms with Gasteiger partial charge in [-0.2, -0.15) is 0 Å². The molecule has 10 aromatic rings. The van der Waals surface area contributed by atoms with E-state index in [0.717, 1.165) is 78.3 Å². The minimum absolute atomic E-state index is 0.146. The molecule has 0 saturated carbocycles. The molecule has 0 spiro atoms. The summed E-state index contributed by atoms with van der Waals surface area (Å²) in [5, 5.41) is 2.26. The summed E-state index contributed by atoms with van der Waals surface area (Å²) in [6, 6.07) is 67.9. The molecule has 61 heavy (non-hydrogen) atoms. The number of anilines is 3. The van der Waals surface area contributed by atoms with Crippen LogP contribution in [0, 0.1) is 0 Å². The summed E-state index contributed by atoms with van der Waals surface area (Å²) in [6.45, 7) is 9.26. The Labute approximate surface area is 356 Å². The Kier molecular flexibility index (Phi) is 7.62. The summed E-state index contributed by atoms with van der Waals surface area (Å²) in [4.78, 5) is 2.40. The van der Waals surface area contributed by atoms with Gasteiger partial charge in [0.2, 0.25) is 0 Å². The van der Waals surface area contributed by atoms with Crippen molar-refractivity contribution in [2.24, 2.45) is 0 Å². The molecule has 0 aliphatic heterocycles. The van der Waals surface area contributed by atoms with Crippen LogP contribution in [0.15, 0.2) is 197 Å². The Morgan fingerprint density at radius 3 is 1.80 bits per heavy atom. The average Bonchev–Trinajstić information content (AvgIpc) is 4.01. The topological polar surface area (TPSA) is 29.5 Å². The predicted octanol–water partition coefficient (Wildman–Crippen LogP) is 16.3. The number of hydrogen-bond acceptors (Lipinski definition) is 3. The zero-order valence-corrected chi connectivity index (χ0v) is 34.7. The van der Waals surface area contributed by atoms with Crippen LogP contribution >= 0.6 is 0 Å². The fourth-order valence-electron chi connectivity index (χ4n) is 10.4. The van der Waals surface area contributed by atoms with Crippen LogP contribution in [-0.4, -0.2) is 0 Å². The van der Waals surface area contributed by atoms with E-state index in [9.17, 15) is 0 Å². The number of hydrogen-bond donors (Lipinski definition) is 0. The molecule has 0 atom stereocenters. The molecular formula is C58H43NO2. The third-order valence-corrected chi connectivity index (χ3v) is 13.4. The van der Waals surface area contributed by atoms with Gasteiger partial charge in [-0.05, 0) is 101 Å². The van der Waals surface area contributed by atoms with Crippen LogP contribution in [-0.2, 0) is 10.8 Å². The maximum absolute atomic E-state index is 7.16. The lowest BCUT2D eigenvalue weighted by atomic mass is 9.82. The SMILES string of the molecule is CC1(C)c2ccccc2-c2ccc(N(c3ccc(-c4cccc5c4oc4ccccc45)cc3)c3cccc(-c4oc5c(c4-c4ccccc4)-c4ccccc4C5(C)C)c3)cc21. The van der Waals surface area contributed by atoms with E-state index in [-0.39, 0.29) is 10.8 Å². The molecule has 2 aromatic heterocycles. The summed E-state index contributed by atoms with van der Waals surface area (Å²) < 4.78 is 13.6. The first-order valence-electron chi connectivity index (χ1n) is 21.3. The average molecular weight is 786 g/mol. The number of fused-ring (bicyclic) bond motifs is 9. The number of nitrogens with zero attached hydrogens (tertiary/aromatic N) is 1. The molecule has 0 fully saturated rings. The highest BCUT2D eigenvalue weighted by molar-refractivity contribution is 6.09. The Balaban J connectivity index is 1.03. The maximum atomic E-state index is 7.16. The van der Waals surface area contributed by atoms with E-state index >= 15 is 0 Å². The third-order valence-electron chi connectivity index (χ3n) is 13.4. The van der Waals surface area contributed by atoms with Gasteiger partial charge in [0.15, 0.2) is 0 Å². The molecule has 0 radical (unpaired) electrons. The first kappa shape index (κ1) is 35.6. The Morgan fingerprint density at radius 1 is 0.377 bits per heavy atom. The second-order valence-electron chi connectivity index (χ2n) is 17.7. The number of furan rings is 2. The van der Waals surface area contributed by atoms with Crippen LogP contribution in [0.2, 0.25) is 0 Å². The highest BCUT2D eigenvalue weighted by atomic mass is 16.3. The van der Waals surface area contributed by atoms with E-state index < -0.39 is 0 Å². The summed E-state index contributed by atoms with van der Waals surface area (Å²) in [5.41, 5.74) is 19.1. The normalized spacial score (nSPS) is 14.2. The molecule has 8 aromatic carbocycles. The first-order valence-corrected chi connectivity index (χ1v) is 21.3. The first-order chi connectivity index (χ1) is 29.8. The van der Waals surface area contributed by atoms with Gasteiger partial charge < -0.3 is 13.7 Å². The van der Waals surface area contributed by atoms with Gasteiger partial charge in [-0.3, -0.25) is 0 Å². The molecule has 0 saturated heterocycles. The van der Waals surface area contributed by atoms with Crippen LogP contribution in [0.3, 0.4) is 0 Å². The predicted molar refractivity (Wildman–Crippen MR) is 252 cm³/mol. The van der Waals surface area contributed by atoms with Crippen molar-refractivity contribution in [3.8, 4) is 55.8 Å². The Morgan fingerprint density at radius 2 is 0.984 bits per heavy atom. The molecule has 0 bridgehead atoms. The summed E-state index contributed by atoms with van der Waals surface area (Å²) in [7, 11) is 0. The van der Waals surface area contributed by atoms with Gasteiger partial charge in [0, 0.05) is 60.9 Å². The fraction of sp³-hybridized carbons (Fsp3) is 0.103. The Hall–Kier alpha value is -7.36. The van der Waals surface area contributed by atoms with Gasteiger partial charge >= 0.3 is 0 Å². The van der Waals surface area contributed by atoms with Crippen LogP contribution in [0.4, 0.5) is 17.1 Å². The summed E-state index contributed by atoms with van der Waals surface area (Å²) >= 11 is 0. The molecule has 12 rings (SSSR count). The van der Waals surface area contributed by atoms with Crippen molar-refractivity contribution < 1.29 is 8.83 Å². The van der Waals surface area contributed by atoms with Crippen molar-refractivity contribution in [2.45, 2.75) is 38.5 Å². The highest BCUT2D eigenvalue weighted by Crippen LogP contribution is 2.57. The lowest BCUT2D eigenvalue weighted by Crippen LogP contribution is -2.16. The number of para-hydroxylation sites is 2. The molecule has 2 aliphatic carbocycles. The van der Waals surface area contributed by atoms with E-state index in [1.54, 1.807) is 0 Å². The van der Waals surface area contributed by atoms with Crippen LogP contribution < -0.4 is 4.90 Å². The van der Waals surface area contributed by atoms with Crippen molar-refractivity contribution in [3.05, 3.63) is 211 Å². The molecular weight excluding hydrogens is 743 g/mol. The lowest BCUT2D eigenvalue weighted by molar-refractivity contribution is 0.448. The van der Waals surface area contributed by atoms with Gasteiger partial charge in [0.25, 0.3) is 0 Å². The van der Waals surface area contributed by atoms with E-state index in [4.69, 9.17) is 8.83 Å². The van der Waals surface area contributed by atoms with Gasteiger partial charge in [-0.15, -0.1) is 0 Å². The fourth-order valence-corrected chi connectivity index (χ4v) is 10.4. The molecule has 0 N–H and O–H groups in total. The van der Waals surface area contributed by atoms with E-state index in [1.165, 1.54) is 38.9 Å². The standard InChI is InChI=1S/C58H43NO2/c1-57(2)48-25-11-8-20-43(48)44-33-32-41(35-50(44)57)59(39-30-28-36(29-31-39)42-23-15-24-46-45-21-10-13-27-51(45)60-55(42)46)40-19-14-18-38(34-40)54-52(37-16-6-5-7-17-37)53-47-22-9-12-26-49(47)58(3,4)56(53)61-54/h5-35H,1-4H3. The molecule has 0 unspecified atom stereocenters. The minimum atomic E-state index is -0.277. The summed E-state index contributed by atoms with van der Waals surface area (Å²) in [5.74, 6) is 1.90. The van der Waals surface area contributed by atoms with Crippen molar-refractivity contribution in [1.29, 1.82) is 0 Å². The molecule has 2 aliphatic rings. The minimum Gasteiger partial charge on any atom is -0.459 e. The monoisotopic (exact) mass is 785 g/mol. The molecule has 0 amide bonds. The zero-order valence-electron chi connectivity index (χ0n) is 34.7. The number of benzene rings is 8. The molecule has 3 nitrogen and oxygen atoms in total. The second-order valence-corrected chi connectivity index (χ2v) is 17.7. The maximum Gasteiger partial charge on any atom is 0.143 e. The van der Waals surface area contributed by atoms with E-state index in [2.05, 4.69) is 209 Å². The van der Waals surface area contributed by atoms with Gasteiger partial charge in [-0.25, -0.2) is 0 Å².